The molecule has 3 aromatic carbocycles. The fourth-order valence-electron chi connectivity index (χ4n) is 3.54. The van der Waals surface area contributed by atoms with Crippen LogP contribution in [0.1, 0.15) is 27.8 Å². The van der Waals surface area contributed by atoms with Gasteiger partial charge in [0.2, 0.25) is 0 Å². The second-order valence-corrected chi connectivity index (χ2v) is 7.05. The molecule has 0 fully saturated rings. The van der Waals surface area contributed by atoms with Crippen LogP contribution in [0.25, 0.3) is 23.0 Å². The van der Waals surface area contributed by atoms with Crippen LogP contribution in [0.5, 0.6) is 11.5 Å². The molecule has 0 unspecified atom stereocenters. The summed E-state index contributed by atoms with van der Waals surface area (Å²) in [6.45, 7) is 3.68. The molecule has 4 nitrogen and oxygen atoms in total. The van der Waals surface area contributed by atoms with Crippen LogP contribution in [-0.2, 0) is 6.61 Å². The third kappa shape index (κ3) is 4.02. The number of ether oxygens (including phenoxy) is 2. The predicted octanol–water partition coefficient (Wildman–Crippen LogP) is 5.53. The zero-order chi connectivity index (χ0) is 21.8. The molecule has 3 N–H and O–H groups in total. The monoisotopic (exact) mass is 407 g/mol. The molecule has 3 aromatic rings. The maximum absolute atomic E-state index is 15.2. The Morgan fingerprint density at radius 3 is 2.10 bits per heavy atom. The highest BCUT2D eigenvalue weighted by molar-refractivity contribution is 5.83. The summed E-state index contributed by atoms with van der Waals surface area (Å²) in [6.07, 6.45) is 1.49. The van der Waals surface area contributed by atoms with Crippen molar-refractivity contribution in [3.63, 3.8) is 0 Å². The van der Waals surface area contributed by atoms with Crippen molar-refractivity contribution >= 4 is 17.6 Å². The van der Waals surface area contributed by atoms with E-state index in [0.29, 0.717) is 22.6 Å². The van der Waals surface area contributed by atoms with Crippen LogP contribution in [0, 0.1) is 13.8 Å². The summed E-state index contributed by atoms with van der Waals surface area (Å²) in [6, 6.07) is 14.7. The van der Waals surface area contributed by atoms with Gasteiger partial charge in [-0.3, -0.25) is 0 Å². The fraction of sp³-hybridized carbons (Fsp3) is 0.200. The molecule has 0 saturated carbocycles. The summed E-state index contributed by atoms with van der Waals surface area (Å²) in [7, 11) is 2.95. The van der Waals surface area contributed by atoms with E-state index in [2.05, 4.69) is 0 Å². The number of halogens is 1. The van der Waals surface area contributed by atoms with Gasteiger partial charge in [0.1, 0.15) is 17.3 Å². The van der Waals surface area contributed by atoms with Gasteiger partial charge in [-0.2, -0.15) is 0 Å². The van der Waals surface area contributed by atoms with Gasteiger partial charge in [0.15, 0.2) is 0 Å². The van der Waals surface area contributed by atoms with Crippen LogP contribution in [0.3, 0.4) is 0 Å². The molecular formula is C25H26FNO3. The Kier molecular flexibility index (Phi) is 6.43. The second kappa shape index (κ2) is 9.01. The van der Waals surface area contributed by atoms with E-state index in [4.69, 9.17) is 15.2 Å². The van der Waals surface area contributed by atoms with E-state index in [-0.39, 0.29) is 6.61 Å². The summed E-state index contributed by atoms with van der Waals surface area (Å²) in [5.74, 6) is 0.313. The number of nitrogen functional groups attached to an aromatic ring is 1. The van der Waals surface area contributed by atoms with Crippen LogP contribution in [0.15, 0.2) is 48.5 Å². The maximum atomic E-state index is 15.2. The molecule has 30 heavy (non-hydrogen) atoms. The SMILES string of the molecule is COc1cc(C(F)=Cc2cccc(-c3cccc(N)c3C)c2C)cc(OC)c1CO. The molecule has 0 saturated heterocycles. The molecule has 0 spiro atoms. The number of nitrogens with two attached hydrogens (primary N) is 1. The van der Waals surface area contributed by atoms with Gasteiger partial charge < -0.3 is 20.3 Å². The minimum Gasteiger partial charge on any atom is -0.496 e. The minimum atomic E-state index is -0.430. The Morgan fingerprint density at radius 2 is 1.53 bits per heavy atom. The Hall–Kier alpha value is -3.31. The number of benzene rings is 3. The molecule has 0 amide bonds. The first-order valence-corrected chi connectivity index (χ1v) is 9.59. The van der Waals surface area contributed by atoms with Gasteiger partial charge in [0, 0.05) is 11.3 Å². The number of hydrogen-bond acceptors (Lipinski definition) is 4. The second-order valence-electron chi connectivity index (χ2n) is 7.05. The van der Waals surface area contributed by atoms with Crippen molar-refractivity contribution in [3.05, 3.63) is 76.3 Å². The average Bonchev–Trinajstić information content (AvgIpc) is 2.76. The number of rotatable bonds is 6. The molecule has 0 atom stereocenters. The molecule has 0 aromatic heterocycles. The lowest BCUT2D eigenvalue weighted by atomic mass is 9.92. The summed E-state index contributed by atoms with van der Waals surface area (Å²) < 4.78 is 25.8. The van der Waals surface area contributed by atoms with Crippen LogP contribution >= 0.6 is 0 Å². The minimum absolute atomic E-state index is 0.265. The summed E-state index contributed by atoms with van der Waals surface area (Å²) in [4.78, 5) is 0. The number of aliphatic hydroxyl groups is 1. The average molecular weight is 407 g/mol. The highest BCUT2D eigenvalue weighted by atomic mass is 19.1. The van der Waals surface area contributed by atoms with E-state index < -0.39 is 5.83 Å². The number of aliphatic hydroxyl groups excluding tert-OH is 1. The lowest BCUT2D eigenvalue weighted by molar-refractivity contribution is 0.265. The van der Waals surface area contributed by atoms with Crippen LogP contribution < -0.4 is 15.2 Å². The molecule has 0 aliphatic rings. The van der Waals surface area contributed by atoms with E-state index in [1.807, 2.05) is 50.2 Å². The van der Waals surface area contributed by atoms with Gasteiger partial charge in [-0.15, -0.1) is 0 Å². The largest absolute Gasteiger partial charge is 0.496 e. The third-order valence-electron chi connectivity index (χ3n) is 5.37. The predicted molar refractivity (Wildman–Crippen MR) is 120 cm³/mol. The molecule has 0 bridgehead atoms. The lowest BCUT2D eigenvalue weighted by Crippen LogP contribution is -1.98. The molecular weight excluding hydrogens is 381 g/mol. The van der Waals surface area contributed by atoms with Crippen molar-refractivity contribution in [2.75, 3.05) is 20.0 Å². The molecule has 0 heterocycles. The highest BCUT2D eigenvalue weighted by Gasteiger charge is 2.15. The Bertz CT molecular complexity index is 1080. The Balaban J connectivity index is 2.09. The Morgan fingerprint density at radius 1 is 0.967 bits per heavy atom. The zero-order valence-corrected chi connectivity index (χ0v) is 17.6. The van der Waals surface area contributed by atoms with E-state index in [1.54, 1.807) is 12.1 Å². The molecule has 156 valence electrons. The first-order valence-electron chi connectivity index (χ1n) is 9.59. The summed E-state index contributed by atoms with van der Waals surface area (Å²) >= 11 is 0. The van der Waals surface area contributed by atoms with Crippen molar-refractivity contribution in [3.8, 4) is 22.6 Å². The normalized spacial score (nSPS) is 11.5. The molecule has 3 rings (SSSR count). The number of anilines is 1. The third-order valence-corrected chi connectivity index (χ3v) is 5.37. The fourth-order valence-corrected chi connectivity index (χ4v) is 3.54. The van der Waals surface area contributed by atoms with Crippen molar-refractivity contribution in [2.24, 2.45) is 0 Å². The lowest BCUT2D eigenvalue weighted by Gasteiger charge is -2.14. The highest BCUT2D eigenvalue weighted by Crippen LogP contribution is 2.36. The number of methoxy groups -OCH3 is 2. The van der Waals surface area contributed by atoms with Crippen LogP contribution in [0.4, 0.5) is 10.1 Å². The summed E-state index contributed by atoms with van der Waals surface area (Å²) in [5.41, 5.74) is 12.3. The van der Waals surface area contributed by atoms with E-state index in [1.165, 1.54) is 20.3 Å². The van der Waals surface area contributed by atoms with Crippen LogP contribution in [-0.4, -0.2) is 19.3 Å². The van der Waals surface area contributed by atoms with Crippen molar-refractivity contribution in [1.82, 2.24) is 0 Å². The van der Waals surface area contributed by atoms with E-state index in [9.17, 15) is 5.11 Å². The number of hydrogen-bond donors (Lipinski definition) is 2. The van der Waals surface area contributed by atoms with Gasteiger partial charge in [-0.25, -0.2) is 4.39 Å². The van der Waals surface area contributed by atoms with Gasteiger partial charge >= 0.3 is 0 Å². The zero-order valence-electron chi connectivity index (χ0n) is 17.6. The first-order chi connectivity index (χ1) is 14.4. The maximum Gasteiger partial charge on any atom is 0.131 e. The van der Waals surface area contributed by atoms with Crippen LogP contribution in [0.2, 0.25) is 0 Å². The smallest absolute Gasteiger partial charge is 0.131 e. The first kappa shape index (κ1) is 21.4. The molecule has 5 heteroatoms. The molecule has 0 radical (unpaired) electrons. The molecule has 0 aliphatic carbocycles. The topological polar surface area (TPSA) is 64.7 Å². The summed E-state index contributed by atoms with van der Waals surface area (Å²) in [5, 5.41) is 9.57. The molecule has 0 aliphatic heterocycles. The Labute approximate surface area is 176 Å². The van der Waals surface area contributed by atoms with Crippen molar-refractivity contribution in [2.45, 2.75) is 20.5 Å². The van der Waals surface area contributed by atoms with Gasteiger partial charge in [-0.05, 0) is 65.9 Å². The quantitative estimate of drug-likeness (QED) is 0.417. The van der Waals surface area contributed by atoms with Gasteiger partial charge in [-0.1, -0.05) is 30.3 Å². The van der Waals surface area contributed by atoms with Crippen molar-refractivity contribution in [1.29, 1.82) is 0 Å². The van der Waals surface area contributed by atoms with Crippen molar-refractivity contribution < 1.29 is 19.0 Å². The van der Waals surface area contributed by atoms with E-state index in [0.717, 1.165) is 33.5 Å². The van der Waals surface area contributed by atoms with E-state index >= 15 is 4.39 Å². The van der Waals surface area contributed by atoms with Gasteiger partial charge in [0.05, 0.1) is 26.4 Å². The van der Waals surface area contributed by atoms with Gasteiger partial charge in [0.25, 0.3) is 0 Å². The standard InChI is InChI=1S/C25H26FNO3/c1-15-17(7-5-8-19(15)20-9-6-10-23(27)16(20)2)11-22(26)18-12-24(29-3)21(14-28)25(13-18)30-4/h5-13,28H,14,27H2,1-4H3.